The molecule has 0 aliphatic rings. The fourth-order valence-electron chi connectivity index (χ4n) is 2.39. The van der Waals surface area contributed by atoms with Gasteiger partial charge in [-0.2, -0.15) is 0 Å². The first-order valence-corrected chi connectivity index (χ1v) is 8.29. The summed E-state index contributed by atoms with van der Waals surface area (Å²) in [6.45, 7) is 3.09. The van der Waals surface area contributed by atoms with Gasteiger partial charge in [0.15, 0.2) is 0 Å². The first-order valence-electron chi connectivity index (χ1n) is 8.29. The molecule has 2 aromatic rings. The minimum absolute atomic E-state index is 0.283. The Labute approximate surface area is 148 Å². The summed E-state index contributed by atoms with van der Waals surface area (Å²) in [6.07, 6.45) is 3.88. The van der Waals surface area contributed by atoms with E-state index >= 15 is 0 Å². The number of hydrogen-bond acceptors (Lipinski definition) is 5. The summed E-state index contributed by atoms with van der Waals surface area (Å²) in [4.78, 5) is 18.9. The van der Waals surface area contributed by atoms with Crippen LogP contribution in [-0.4, -0.2) is 38.7 Å². The number of benzene rings is 1. The Bertz CT molecular complexity index is 719. The molecule has 1 aromatic heterocycles. The molecule has 6 nitrogen and oxygen atoms in total. The van der Waals surface area contributed by atoms with Crippen molar-refractivity contribution in [3.05, 3.63) is 42.2 Å². The number of anilines is 2. The van der Waals surface area contributed by atoms with Crippen LogP contribution in [0.2, 0.25) is 0 Å². The maximum Gasteiger partial charge on any atom is 0.274 e. The largest absolute Gasteiger partial charge is 0.497 e. The molecule has 6 heteroatoms. The highest BCUT2D eigenvalue weighted by Crippen LogP contribution is 2.29. The number of hydrogen-bond donors (Lipinski definition) is 1. The zero-order chi connectivity index (χ0) is 18.2. The van der Waals surface area contributed by atoms with Crippen LogP contribution in [0, 0.1) is 0 Å². The van der Waals surface area contributed by atoms with Gasteiger partial charge in [-0.3, -0.25) is 9.78 Å². The minimum atomic E-state index is -0.283. The number of amides is 1. The number of pyridine rings is 1. The maximum absolute atomic E-state index is 12.5. The van der Waals surface area contributed by atoms with E-state index in [1.807, 2.05) is 13.1 Å². The second-order valence-electron chi connectivity index (χ2n) is 5.69. The summed E-state index contributed by atoms with van der Waals surface area (Å²) in [6, 6.07) is 8.92. The third-order valence-electron chi connectivity index (χ3n) is 3.92. The van der Waals surface area contributed by atoms with Crippen molar-refractivity contribution >= 4 is 17.3 Å². The molecule has 25 heavy (non-hydrogen) atoms. The van der Waals surface area contributed by atoms with Crippen molar-refractivity contribution in [3.63, 3.8) is 0 Å². The van der Waals surface area contributed by atoms with Gasteiger partial charge in [-0.1, -0.05) is 13.3 Å². The van der Waals surface area contributed by atoms with E-state index < -0.39 is 0 Å². The van der Waals surface area contributed by atoms with Gasteiger partial charge in [0.2, 0.25) is 0 Å². The zero-order valence-corrected chi connectivity index (χ0v) is 15.2. The SMILES string of the molecule is CCCCN(C)c1ccnc(C(=O)Nc2ccc(OC)cc2OC)c1. The van der Waals surface area contributed by atoms with Crippen LogP contribution in [0.1, 0.15) is 30.3 Å². The van der Waals surface area contributed by atoms with E-state index in [-0.39, 0.29) is 5.91 Å². The average Bonchev–Trinajstić information content (AvgIpc) is 2.66. The molecule has 2 rings (SSSR count). The van der Waals surface area contributed by atoms with Crippen LogP contribution in [0.25, 0.3) is 0 Å². The van der Waals surface area contributed by atoms with Crippen LogP contribution < -0.4 is 19.7 Å². The molecule has 0 aliphatic carbocycles. The Morgan fingerprint density at radius 3 is 2.68 bits per heavy atom. The minimum Gasteiger partial charge on any atom is -0.497 e. The summed E-state index contributed by atoms with van der Waals surface area (Å²) in [5.74, 6) is 0.908. The number of ether oxygens (including phenoxy) is 2. The van der Waals surface area contributed by atoms with Gasteiger partial charge in [-0.25, -0.2) is 0 Å². The Morgan fingerprint density at radius 1 is 1.20 bits per heavy atom. The standard InChI is InChI=1S/C19H25N3O3/c1-5-6-11-22(2)14-9-10-20-17(12-14)19(23)21-16-8-7-15(24-3)13-18(16)25-4/h7-10,12-13H,5-6,11H2,1-4H3,(H,21,23). The molecule has 0 atom stereocenters. The van der Waals surface area contributed by atoms with E-state index in [0.717, 1.165) is 25.1 Å². The molecule has 0 unspecified atom stereocenters. The first kappa shape index (κ1) is 18.6. The van der Waals surface area contributed by atoms with E-state index in [0.29, 0.717) is 22.9 Å². The van der Waals surface area contributed by atoms with Gasteiger partial charge in [-0.05, 0) is 30.7 Å². The molecule has 1 aromatic carbocycles. The second kappa shape index (κ2) is 8.92. The third kappa shape index (κ3) is 4.86. The highest BCUT2D eigenvalue weighted by molar-refractivity contribution is 6.04. The van der Waals surface area contributed by atoms with E-state index in [2.05, 4.69) is 22.1 Å². The number of carbonyl (C=O) groups is 1. The zero-order valence-electron chi connectivity index (χ0n) is 15.2. The highest BCUT2D eigenvalue weighted by atomic mass is 16.5. The summed E-state index contributed by atoms with van der Waals surface area (Å²) in [7, 11) is 5.14. The summed E-state index contributed by atoms with van der Waals surface area (Å²) < 4.78 is 10.5. The molecule has 0 fully saturated rings. The lowest BCUT2D eigenvalue weighted by Gasteiger charge is -2.19. The predicted molar refractivity (Wildman–Crippen MR) is 99.9 cm³/mol. The maximum atomic E-state index is 12.5. The lowest BCUT2D eigenvalue weighted by atomic mass is 10.2. The predicted octanol–water partition coefficient (Wildman–Crippen LogP) is 3.59. The van der Waals surface area contributed by atoms with Gasteiger partial charge in [-0.15, -0.1) is 0 Å². The molecule has 0 bridgehead atoms. The van der Waals surface area contributed by atoms with Crippen molar-refractivity contribution in [3.8, 4) is 11.5 Å². The second-order valence-corrected chi connectivity index (χ2v) is 5.69. The molecular weight excluding hydrogens is 318 g/mol. The van der Waals surface area contributed by atoms with Gasteiger partial charge in [0.1, 0.15) is 17.2 Å². The normalized spacial score (nSPS) is 10.2. The number of nitrogens with one attached hydrogen (secondary N) is 1. The van der Waals surface area contributed by atoms with E-state index in [1.165, 1.54) is 0 Å². The molecule has 0 aliphatic heterocycles. The third-order valence-corrected chi connectivity index (χ3v) is 3.92. The number of unbranched alkanes of at least 4 members (excludes halogenated alkanes) is 1. The molecule has 0 saturated heterocycles. The monoisotopic (exact) mass is 343 g/mol. The fourth-order valence-corrected chi connectivity index (χ4v) is 2.39. The van der Waals surface area contributed by atoms with Crippen molar-refractivity contribution in [1.82, 2.24) is 4.98 Å². The quantitative estimate of drug-likeness (QED) is 0.793. The van der Waals surface area contributed by atoms with Crippen molar-refractivity contribution in [2.45, 2.75) is 19.8 Å². The molecule has 1 amide bonds. The molecular formula is C19H25N3O3. The lowest BCUT2D eigenvalue weighted by molar-refractivity contribution is 0.102. The molecule has 0 saturated carbocycles. The van der Waals surface area contributed by atoms with Crippen molar-refractivity contribution in [2.24, 2.45) is 0 Å². The van der Waals surface area contributed by atoms with Crippen molar-refractivity contribution < 1.29 is 14.3 Å². The fraction of sp³-hybridized carbons (Fsp3) is 0.368. The van der Waals surface area contributed by atoms with Gasteiger partial charge >= 0.3 is 0 Å². The molecule has 0 spiro atoms. The van der Waals surface area contributed by atoms with Crippen LogP contribution >= 0.6 is 0 Å². The van der Waals surface area contributed by atoms with Crippen LogP contribution in [-0.2, 0) is 0 Å². The summed E-state index contributed by atoms with van der Waals surface area (Å²) in [5, 5.41) is 2.84. The van der Waals surface area contributed by atoms with Crippen molar-refractivity contribution in [2.75, 3.05) is 38.0 Å². The van der Waals surface area contributed by atoms with Crippen LogP contribution in [0.4, 0.5) is 11.4 Å². The van der Waals surface area contributed by atoms with Gasteiger partial charge in [0, 0.05) is 31.5 Å². The van der Waals surface area contributed by atoms with E-state index in [1.54, 1.807) is 44.7 Å². The highest BCUT2D eigenvalue weighted by Gasteiger charge is 2.13. The Balaban J connectivity index is 2.16. The average molecular weight is 343 g/mol. The number of aromatic nitrogens is 1. The molecule has 134 valence electrons. The molecule has 1 heterocycles. The Hall–Kier alpha value is -2.76. The van der Waals surface area contributed by atoms with Gasteiger partial charge in [0.25, 0.3) is 5.91 Å². The number of nitrogens with zero attached hydrogens (tertiary/aromatic N) is 2. The van der Waals surface area contributed by atoms with Crippen LogP contribution in [0.3, 0.4) is 0 Å². The van der Waals surface area contributed by atoms with E-state index in [4.69, 9.17) is 9.47 Å². The summed E-state index contributed by atoms with van der Waals surface area (Å²) in [5.41, 5.74) is 1.90. The Morgan fingerprint density at radius 2 is 2.00 bits per heavy atom. The Kier molecular flexibility index (Phi) is 6.62. The first-order chi connectivity index (χ1) is 12.1. The summed E-state index contributed by atoms with van der Waals surface area (Å²) >= 11 is 0. The van der Waals surface area contributed by atoms with Gasteiger partial charge in [0.05, 0.1) is 19.9 Å². The number of methoxy groups -OCH3 is 2. The van der Waals surface area contributed by atoms with Crippen LogP contribution in [0.15, 0.2) is 36.5 Å². The van der Waals surface area contributed by atoms with E-state index in [9.17, 15) is 4.79 Å². The number of rotatable bonds is 8. The smallest absolute Gasteiger partial charge is 0.274 e. The van der Waals surface area contributed by atoms with Crippen molar-refractivity contribution in [1.29, 1.82) is 0 Å². The van der Waals surface area contributed by atoms with Gasteiger partial charge < -0.3 is 19.7 Å². The lowest BCUT2D eigenvalue weighted by Crippen LogP contribution is -2.20. The molecule has 1 N–H and O–H groups in total. The van der Waals surface area contributed by atoms with Crippen LogP contribution in [0.5, 0.6) is 11.5 Å². The molecule has 0 radical (unpaired) electrons. The number of carbonyl (C=O) groups excluding carboxylic acids is 1. The topological polar surface area (TPSA) is 63.7 Å².